The number of nitrogens with one attached hydrogen (secondary N) is 1. The first-order valence-electron chi connectivity index (χ1n) is 7.36. The molecule has 0 saturated carbocycles. The summed E-state index contributed by atoms with van der Waals surface area (Å²) in [5.41, 5.74) is 1.02. The summed E-state index contributed by atoms with van der Waals surface area (Å²) < 4.78 is 0. The van der Waals surface area contributed by atoms with E-state index in [0.717, 1.165) is 18.7 Å². The highest BCUT2D eigenvalue weighted by Gasteiger charge is 2.17. The van der Waals surface area contributed by atoms with Crippen molar-refractivity contribution in [3.63, 3.8) is 0 Å². The maximum atomic E-state index is 10.9. The van der Waals surface area contributed by atoms with Gasteiger partial charge in [0.15, 0.2) is 0 Å². The standard InChI is InChI=1S/C16H26N2O2/c1-12(2)15(13(3)4)11-17-10-9-14-7-5-6-8-16(14)18(19)20/h5-8,12-13,15,17H,9-11H2,1-4H3. The molecule has 0 aliphatic rings. The third-order valence-corrected chi connectivity index (χ3v) is 3.85. The predicted molar refractivity (Wildman–Crippen MR) is 82.8 cm³/mol. The van der Waals surface area contributed by atoms with Gasteiger partial charge in [-0.25, -0.2) is 0 Å². The van der Waals surface area contributed by atoms with Crippen LogP contribution in [0.2, 0.25) is 0 Å². The van der Waals surface area contributed by atoms with Crippen LogP contribution < -0.4 is 5.32 Å². The number of nitrogens with zero attached hydrogens (tertiary/aromatic N) is 1. The van der Waals surface area contributed by atoms with Crippen molar-refractivity contribution in [2.75, 3.05) is 13.1 Å². The molecular weight excluding hydrogens is 252 g/mol. The van der Waals surface area contributed by atoms with Gasteiger partial charge in [0.1, 0.15) is 0 Å². The second-order valence-corrected chi connectivity index (χ2v) is 5.99. The van der Waals surface area contributed by atoms with Gasteiger partial charge in [0.25, 0.3) is 5.69 Å². The van der Waals surface area contributed by atoms with Crippen molar-refractivity contribution in [1.82, 2.24) is 5.32 Å². The smallest absolute Gasteiger partial charge is 0.272 e. The first-order valence-corrected chi connectivity index (χ1v) is 7.36. The molecule has 0 amide bonds. The van der Waals surface area contributed by atoms with Crippen molar-refractivity contribution in [1.29, 1.82) is 0 Å². The number of hydrogen-bond acceptors (Lipinski definition) is 3. The molecule has 0 bridgehead atoms. The number of benzene rings is 1. The molecule has 20 heavy (non-hydrogen) atoms. The van der Waals surface area contributed by atoms with E-state index in [2.05, 4.69) is 33.0 Å². The molecule has 1 aromatic carbocycles. The summed E-state index contributed by atoms with van der Waals surface area (Å²) in [6, 6.07) is 6.97. The molecule has 0 unspecified atom stereocenters. The average Bonchev–Trinajstić information content (AvgIpc) is 2.37. The molecule has 112 valence electrons. The monoisotopic (exact) mass is 278 g/mol. The molecule has 1 aromatic rings. The van der Waals surface area contributed by atoms with Gasteiger partial charge in [-0.15, -0.1) is 0 Å². The Labute approximate surface area is 121 Å². The van der Waals surface area contributed by atoms with Crippen molar-refractivity contribution < 1.29 is 4.92 Å². The largest absolute Gasteiger partial charge is 0.316 e. The minimum absolute atomic E-state index is 0.221. The van der Waals surface area contributed by atoms with Crippen LogP contribution in [0.25, 0.3) is 0 Å². The normalized spacial score (nSPS) is 11.6. The Kier molecular flexibility index (Phi) is 6.65. The Hall–Kier alpha value is -1.42. The zero-order chi connectivity index (χ0) is 15.1. The van der Waals surface area contributed by atoms with Gasteiger partial charge in [-0.3, -0.25) is 10.1 Å². The molecule has 4 heteroatoms. The van der Waals surface area contributed by atoms with Crippen LogP contribution in [0.15, 0.2) is 24.3 Å². The lowest BCUT2D eigenvalue weighted by molar-refractivity contribution is -0.385. The van der Waals surface area contributed by atoms with Crippen LogP contribution in [0.1, 0.15) is 33.3 Å². The Morgan fingerprint density at radius 3 is 2.30 bits per heavy atom. The summed E-state index contributed by atoms with van der Waals surface area (Å²) in [6.45, 7) is 10.7. The number of para-hydroxylation sites is 1. The third kappa shape index (κ3) is 4.93. The highest BCUT2D eigenvalue weighted by atomic mass is 16.6. The SMILES string of the molecule is CC(C)C(CNCCc1ccccc1[N+](=O)[O-])C(C)C. The number of nitro benzene ring substituents is 1. The van der Waals surface area contributed by atoms with E-state index in [4.69, 9.17) is 0 Å². The summed E-state index contributed by atoms with van der Waals surface area (Å²) in [5, 5.41) is 14.4. The van der Waals surface area contributed by atoms with E-state index in [-0.39, 0.29) is 10.6 Å². The van der Waals surface area contributed by atoms with E-state index in [1.807, 2.05) is 12.1 Å². The quantitative estimate of drug-likeness (QED) is 0.448. The highest BCUT2D eigenvalue weighted by molar-refractivity contribution is 5.39. The first kappa shape index (κ1) is 16.6. The fourth-order valence-electron chi connectivity index (χ4n) is 2.63. The van der Waals surface area contributed by atoms with E-state index in [1.165, 1.54) is 0 Å². The summed E-state index contributed by atoms with van der Waals surface area (Å²) in [4.78, 5) is 10.6. The molecule has 0 aliphatic carbocycles. The minimum atomic E-state index is -0.305. The predicted octanol–water partition coefficient (Wildman–Crippen LogP) is 3.66. The van der Waals surface area contributed by atoms with Gasteiger partial charge in [-0.1, -0.05) is 45.9 Å². The van der Waals surface area contributed by atoms with E-state index in [1.54, 1.807) is 12.1 Å². The summed E-state index contributed by atoms with van der Waals surface area (Å²) in [6.07, 6.45) is 0.695. The van der Waals surface area contributed by atoms with E-state index >= 15 is 0 Å². The Morgan fingerprint density at radius 2 is 1.75 bits per heavy atom. The van der Waals surface area contributed by atoms with E-state index < -0.39 is 0 Å². The fraction of sp³-hybridized carbons (Fsp3) is 0.625. The zero-order valence-electron chi connectivity index (χ0n) is 12.9. The molecule has 1 rings (SSSR count). The second kappa shape index (κ2) is 8.00. The van der Waals surface area contributed by atoms with E-state index in [9.17, 15) is 10.1 Å². The van der Waals surface area contributed by atoms with Crippen molar-refractivity contribution in [2.24, 2.45) is 17.8 Å². The van der Waals surface area contributed by atoms with Gasteiger partial charge in [0.2, 0.25) is 0 Å². The summed E-state index contributed by atoms with van der Waals surface area (Å²) >= 11 is 0. The van der Waals surface area contributed by atoms with Crippen molar-refractivity contribution in [3.8, 4) is 0 Å². The van der Waals surface area contributed by atoms with Gasteiger partial charge >= 0.3 is 0 Å². The van der Waals surface area contributed by atoms with Gasteiger partial charge in [-0.2, -0.15) is 0 Å². The maximum absolute atomic E-state index is 10.9. The van der Waals surface area contributed by atoms with E-state index in [0.29, 0.717) is 24.2 Å². The third-order valence-electron chi connectivity index (χ3n) is 3.85. The van der Waals surface area contributed by atoms with Crippen LogP contribution in [0, 0.1) is 27.9 Å². The Balaban J connectivity index is 2.47. The molecular formula is C16H26N2O2. The van der Waals surface area contributed by atoms with Crippen molar-refractivity contribution >= 4 is 5.69 Å². The van der Waals surface area contributed by atoms with Gasteiger partial charge in [0, 0.05) is 11.6 Å². The number of nitro groups is 1. The summed E-state index contributed by atoms with van der Waals surface area (Å²) in [5.74, 6) is 1.93. The van der Waals surface area contributed by atoms with Crippen LogP contribution in [-0.2, 0) is 6.42 Å². The van der Waals surface area contributed by atoms with Crippen molar-refractivity contribution in [3.05, 3.63) is 39.9 Å². The lowest BCUT2D eigenvalue weighted by Gasteiger charge is -2.25. The van der Waals surface area contributed by atoms with Gasteiger partial charge < -0.3 is 5.32 Å². The lowest BCUT2D eigenvalue weighted by atomic mass is 9.85. The minimum Gasteiger partial charge on any atom is -0.316 e. The molecule has 0 heterocycles. The molecule has 0 aromatic heterocycles. The lowest BCUT2D eigenvalue weighted by Crippen LogP contribution is -2.31. The van der Waals surface area contributed by atoms with Crippen molar-refractivity contribution in [2.45, 2.75) is 34.1 Å². The number of rotatable bonds is 8. The van der Waals surface area contributed by atoms with Crippen LogP contribution in [0.5, 0.6) is 0 Å². The molecule has 0 aliphatic heterocycles. The maximum Gasteiger partial charge on any atom is 0.272 e. The Morgan fingerprint density at radius 1 is 1.15 bits per heavy atom. The van der Waals surface area contributed by atoms with Gasteiger partial charge in [-0.05, 0) is 37.3 Å². The molecule has 0 fully saturated rings. The van der Waals surface area contributed by atoms with Crippen LogP contribution in [0.3, 0.4) is 0 Å². The van der Waals surface area contributed by atoms with Crippen LogP contribution in [0.4, 0.5) is 5.69 Å². The van der Waals surface area contributed by atoms with Crippen LogP contribution >= 0.6 is 0 Å². The molecule has 0 atom stereocenters. The molecule has 0 saturated heterocycles. The Bertz CT molecular complexity index is 422. The topological polar surface area (TPSA) is 55.2 Å². The molecule has 4 nitrogen and oxygen atoms in total. The molecule has 0 spiro atoms. The van der Waals surface area contributed by atoms with Crippen LogP contribution in [-0.4, -0.2) is 18.0 Å². The fourth-order valence-corrected chi connectivity index (χ4v) is 2.63. The highest BCUT2D eigenvalue weighted by Crippen LogP contribution is 2.20. The second-order valence-electron chi connectivity index (χ2n) is 5.99. The molecule has 1 N–H and O–H groups in total. The zero-order valence-corrected chi connectivity index (χ0v) is 12.9. The first-order chi connectivity index (χ1) is 9.43. The van der Waals surface area contributed by atoms with Gasteiger partial charge in [0.05, 0.1) is 4.92 Å². The molecule has 0 radical (unpaired) electrons. The average molecular weight is 278 g/mol. The number of hydrogen-bond donors (Lipinski definition) is 1. The summed E-state index contributed by atoms with van der Waals surface area (Å²) in [7, 11) is 0.